The highest BCUT2D eigenvalue weighted by atomic mass is 79.9. The number of ether oxygens (including phenoxy) is 1. The van der Waals surface area contributed by atoms with Gasteiger partial charge in [0.2, 0.25) is 0 Å². The maximum atomic E-state index is 5.23. The highest BCUT2D eigenvalue weighted by Crippen LogP contribution is 2.31. The molecule has 9 heavy (non-hydrogen) atoms. The molecule has 0 saturated carbocycles. The molecule has 0 amide bonds. The van der Waals surface area contributed by atoms with Gasteiger partial charge in [0, 0.05) is 5.33 Å². The summed E-state index contributed by atoms with van der Waals surface area (Å²) in [5.41, 5.74) is 0.280. The van der Waals surface area contributed by atoms with Gasteiger partial charge < -0.3 is 4.74 Å². The lowest BCUT2D eigenvalue weighted by molar-refractivity contribution is 0.303. The summed E-state index contributed by atoms with van der Waals surface area (Å²) in [6.45, 7) is 3.16. The van der Waals surface area contributed by atoms with Crippen LogP contribution in [0.25, 0.3) is 0 Å². The number of halogens is 1. The van der Waals surface area contributed by atoms with Crippen LogP contribution in [0.15, 0.2) is 0 Å². The van der Waals surface area contributed by atoms with Gasteiger partial charge in [-0.1, -0.05) is 15.9 Å². The Kier molecular flexibility index (Phi) is 2.53. The lowest BCUT2D eigenvalue weighted by Gasteiger charge is -2.01. The molecule has 0 N–H and O–H groups in total. The Morgan fingerprint density at radius 1 is 1.56 bits per heavy atom. The Balaban J connectivity index is 1.92. The van der Waals surface area contributed by atoms with E-state index in [2.05, 4.69) is 22.9 Å². The Labute approximate surface area is 64.9 Å². The number of epoxide rings is 1. The zero-order valence-electron chi connectivity index (χ0n) is 5.82. The monoisotopic (exact) mass is 192 g/mol. The third-order valence-corrected chi connectivity index (χ3v) is 2.29. The molecule has 0 unspecified atom stereocenters. The van der Waals surface area contributed by atoms with Crippen molar-refractivity contribution in [2.45, 2.75) is 31.8 Å². The van der Waals surface area contributed by atoms with E-state index >= 15 is 0 Å². The lowest BCUT2D eigenvalue weighted by Crippen LogP contribution is -2.02. The van der Waals surface area contributed by atoms with Gasteiger partial charge >= 0.3 is 0 Å². The zero-order valence-corrected chi connectivity index (χ0v) is 7.41. The average Bonchev–Trinajstić information content (AvgIpc) is 2.50. The van der Waals surface area contributed by atoms with Crippen molar-refractivity contribution in [3.05, 3.63) is 0 Å². The maximum Gasteiger partial charge on any atom is 0.0888 e. The van der Waals surface area contributed by atoms with Crippen LogP contribution in [-0.2, 0) is 4.74 Å². The van der Waals surface area contributed by atoms with Gasteiger partial charge in [0.1, 0.15) is 0 Å². The van der Waals surface area contributed by atoms with E-state index in [1.165, 1.54) is 19.3 Å². The smallest absolute Gasteiger partial charge is 0.0888 e. The van der Waals surface area contributed by atoms with E-state index in [0.29, 0.717) is 0 Å². The number of unbranched alkanes of at least 4 members (excludes halogenated alkanes) is 1. The molecule has 1 fully saturated rings. The van der Waals surface area contributed by atoms with Crippen LogP contribution < -0.4 is 0 Å². The highest BCUT2D eigenvalue weighted by molar-refractivity contribution is 9.09. The van der Waals surface area contributed by atoms with Gasteiger partial charge in [-0.3, -0.25) is 0 Å². The fraction of sp³-hybridized carbons (Fsp3) is 1.00. The summed E-state index contributed by atoms with van der Waals surface area (Å²) < 4.78 is 5.23. The first-order valence-electron chi connectivity index (χ1n) is 3.47. The molecule has 0 spiro atoms. The third kappa shape index (κ3) is 2.67. The number of alkyl halides is 1. The molecule has 0 aliphatic carbocycles. The zero-order chi connectivity index (χ0) is 6.74. The molecule has 0 aromatic carbocycles. The first-order valence-corrected chi connectivity index (χ1v) is 4.59. The average molecular weight is 193 g/mol. The molecule has 0 aromatic rings. The molecule has 1 heterocycles. The van der Waals surface area contributed by atoms with Crippen molar-refractivity contribution in [1.82, 2.24) is 0 Å². The van der Waals surface area contributed by atoms with E-state index in [9.17, 15) is 0 Å². The standard InChI is InChI=1S/C7H13BrO/c1-7(6-9-7)4-2-3-5-8/h2-6H2,1H3/t7-/m1/s1. The summed E-state index contributed by atoms with van der Waals surface area (Å²) >= 11 is 3.40. The molecule has 0 aromatic heterocycles. The summed E-state index contributed by atoms with van der Waals surface area (Å²) in [5, 5.41) is 1.13. The van der Waals surface area contributed by atoms with Gasteiger partial charge in [-0.05, 0) is 26.2 Å². The van der Waals surface area contributed by atoms with Crippen molar-refractivity contribution >= 4 is 15.9 Å². The minimum atomic E-state index is 0.280. The van der Waals surface area contributed by atoms with Crippen molar-refractivity contribution in [1.29, 1.82) is 0 Å². The van der Waals surface area contributed by atoms with Crippen molar-refractivity contribution in [2.75, 3.05) is 11.9 Å². The summed E-state index contributed by atoms with van der Waals surface area (Å²) in [6, 6.07) is 0. The Bertz CT molecular complexity index is 88.9. The SMILES string of the molecule is C[C@@]1(CCCCBr)CO1. The number of hydrogen-bond acceptors (Lipinski definition) is 1. The summed E-state index contributed by atoms with van der Waals surface area (Å²) in [4.78, 5) is 0. The number of rotatable bonds is 4. The lowest BCUT2D eigenvalue weighted by atomic mass is 10.1. The van der Waals surface area contributed by atoms with Crippen LogP contribution in [0.3, 0.4) is 0 Å². The second-order valence-corrected chi connectivity index (χ2v) is 3.68. The van der Waals surface area contributed by atoms with Crippen LogP contribution >= 0.6 is 15.9 Å². The van der Waals surface area contributed by atoms with E-state index < -0.39 is 0 Å². The van der Waals surface area contributed by atoms with Crippen LogP contribution in [0, 0.1) is 0 Å². The Morgan fingerprint density at radius 3 is 2.67 bits per heavy atom. The maximum absolute atomic E-state index is 5.23. The van der Waals surface area contributed by atoms with Gasteiger partial charge in [0.25, 0.3) is 0 Å². The van der Waals surface area contributed by atoms with E-state index in [-0.39, 0.29) is 5.60 Å². The molecule has 0 bridgehead atoms. The minimum Gasteiger partial charge on any atom is -0.370 e. The summed E-state index contributed by atoms with van der Waals surface area (Å²) in [5.74, 6) is 0. The van der Waals surface area contributed by atoms with Gasteiger partial charge in [-0.15, -0.1) is 0 Å². The molecule has 1 atom stereocenters. The molecule has 1 rings (SSSR count). The highest BCUT2D eigenvalue weighted by Gasteiger charge is 2.37. The minimum absolute atomic E-state index is 0.280. The third-order valence-electron chi connectivity index (χ3n) is 1.73. The molecule has 2 heteroatoms. The molecule has 1 aliphatic rings. The van der Waals surface area contributed by atoms with Crippen LogP contribution in [0.4, 0.5) is 0 Å². The van der Waals surface area contributed by atoms with Crippen LogP contribution in [0.1, 0.15) is 26.2 Å². The molecular weight excluding hydrogens is 180 g/mol. The Morgan fingerprint density at radius 2 is 2.22 bits per heavy atom. The van der Waals surface area contributed by atoms with Crippen molar-refractivity contribution in [3.63, 3.8) is 0 Å². The molecule has 0 radical (unpaired) electrons. The predicted molar refractivity (Wildman–Crippen MR) is 42.0 cm³/mol. The van der Waals surface area contributed by atoms with E-state index in [1.54, 1.807) is 0 Å². The van der Waals surface area contributed by atoms with Gasteiger partial charge in [0.15, 0.2) is 0 Å². The Hall–Kier alpha value is 0.440. The quantitative estimate of drug-likeness (QED) is 0.379. The fourth-order valence-electron chi connectivity index (χ4n) is 0.861. The number of hydrogen-bond donors (Lipinski definition) is 0. The molecule has 1 aliphatic heterocycles. The predicted octanol–water partition coefficient (Wildman–Crippen LogP) is 2.34. The van der Waals surface area contributed by atoms with Gasteiger partial charge in [0.05, 0.1) is 12.2 Å². The molecule has 1 saturated heterocycles. The molecule has 1 nitrogen and oxygen atoms in total. The summed E-state index contributed by atoms with van der Waals surface area (Å²) in [7, 11) is 0. The summed E-state index contributed by atoms with van der Waals surface area (Å²) in [6.07, 6.45) is 3.80. The molecular formula is C7H13BrO. The second kappa shape index (κ2) is 3.02. The van der Waals surface area contributed by atoms with Gasteiger partial charge in [-0.25, -0.2) is 0 Å². The van der Waals surface area contributed by atoms with Crippen molar-refractivity contribution in [2.24, 2.45) is 0 Å². The van der Waals surface area contributed by atoms with E-state index in [4.69, 9.17) is 4.74 Å². The van der Waals surface area contributed by atoms with E-state index in [0.717, 1.165) is 11.9 Å². The van der Waals surface area contributed by atoms with Gasteiger partial charge in [-0.2, -0.15) is 0 Å². The van der Waals surface area contributed by atoms with Crippen molar-refractivity contribution < 1.29 is 4.74 Å². The van der Waals surface area contributed by atoms with Crippen LogP contribution in [0.5, 0.6) is 0 Å². The van der Waals surface area contributed by atoms with E-state index in [1.807, 2.05) is 0 Å². The van der Waals surface area contributed by atoms with Crippen molar-refractivity contribution in [3.8, 4) is 0 Å². The second-order valence-electron chi connectivity index (χ2n) is 2.88. The largest absolute Gasteiger partial charge is 0.370 e. The first kappa shape index (κ1) is 7.55. The topological polar surface area (TPSA) is 12.5 Å². The first-order chi connectivity index (χ1) is 4.27. The fourth-order valence-corrected chi connectivity index (χ4v) is 1.26. The van der Waals surface area contributed by atoms with Crippen LogP contribution in [-0.4, -0.2) is 17.5 Å². The molecule has 54 valence electrons. The van der Waals surface area contributed by atoms with Crippen LogP contribution in [0.2, 0.25) is 0 Å². The normalized spacial score (nSPS) is 32.7.